The van der Waals surface area contributed by atoms with Crippen molar-refractivity contribution in [3.8, 4) is 5.75 Å². The van der Waals surface area contributed by atoms with E-state index in [9.17, 15) is 5.11 Å². The molecule has 1 N–H and O–H groups in total. The first-order valence-corrected chi connectivity index (χ1v) is 7.31. The lowest BCUT2D eigenvalue weighted by Gasteiger charge is -2.22. The van der Waals surface area contributed by atoms with Gasteiger partial charge in [0, 0.05) is 31.2 Å². The van der Waals surface area contributed by atoms with E-state index in [4.69, 9.17) is 4.74 Å². The van der Waals surface area contributed by atoms with Gasteiger partial charge in [0.15, 0.2) is 0 Å². The average Bonchev–Trinajstić information content (AvgIpc) is 2.91. The van der Waals surface area contributed by atoms with E-state index in [1.54, 1.807) is 18.3 Å². The molecule has 1 aliphatic rings. The van der Waals surface area contributed by atoms with Crippen molar-refractivity contribution in [2.24, 2.45) is 5.92 Å². The third-order valence-electron chi connectivity index (χ3n) is 4.22. The number of imidazole rings is 1. The van der Waals surface area contributed by atoms with Crippen LogP contribution < -0.4 is 0 Å². The number of hydrogen-bond acceptors (Lipinski definition) is 4. The number of ether oxygens (including phenoxy) is 1. The summed E-state index contributed by atoms with van der Waals surface area (Å²) >= 11 is 0. The molecule has 3 heterocycles. The van der Waals surface area contributed by atoms with Crippen LogP contribution in [0.1, 0.15) is 12.8 Å². The molecule has 5 heteroatoms. The highest BCUT2D eigenvalue weighted by atomic mass is 16.5. The molecule has 1 aliphatic heterocycles. The summed E-state index contributed by atoms with van der Waals surface area (Å²) in [5, 5.41) is 10.6. The lowest BCUT2D eigenvalue weighted by molar-refractivity contribution is 0.0616. The summed E-state index contributed by atoms with van der Waals surface area (Å²) in [4.78, 5) is 8.84. The molecule has 1 saturated heterocycles. The van der Waals surface area contributed by atoms with Crippen LogP contribution in [-0.2, 0) is 11.3 Å². The summed E-state index contributed by atoms with van der Waals surface area (Å²) in [6.45, 7) is 2.67. The molecule has 5 nitrogen and oxygen atoms in total. The van der Waals surface area contributed by atoms with Crippen LogP contribution in [0.15, 0.2) is 30.7 Å². The molecule has 0 bridgehead atoms. The summed E-state index contributed by atoms with van der Waals surface area (Å²) in [5.74, 6) is 0.876. The van der Waals surface area contributed by atoms with E-state index in [0.29, 0.717) is 5.92 Å². The second-order valence-corrected chi connectivity index (χ2v) is 5.65. The highest BCUT2D eigenvalue weighted by Crippen LogP contribution is 2.27. The van der Waals surface area contributed by atoms with Crippen molar-refractivity contribution in [3.05, 3.63) is 30.7 Å². The number of aromatic nitrogens is 3. The van der Waals surface area contributed by atoms with Crippen LogP contribution in [0.3, 0.4) is 0 Å². The van der Waals surface area contributed by atoms with Crippen LogP contribution in [0.4, 0.5) is 0 Å². The number of fused-ring (bicyclic) bond motifs is 3. The molecule has 3 aromatic rings. The van der Waals surface area contributed by atoms with Gasteiger partial charge < -0.3 is 14.4 Å². The molecule has 21 heavy (non-hydrogen) atoms. The molecule has 108 valence electrons. The third kappa shape index (κ3) is 2.23. The van der Waals surface area contributed by atoms with Crippen molar-refractivity contribution in [3.63, 3.8) is 0 Å². The average molecular weight is 283 g/mol. The minimum absolute atomic E-state index is 0.241. The number of phenolic OH excluding ortho intramolecular Hbond substituents is 1. The van der Waals surface area contributed by atoms with E-state index >= 15 is 0 Å². The Morgan fingerprint density at radius 3 is 2.90 bits per heavy atom. The van der Waals surface area contributed by atoms with E-state index in [0.717, 1.165) is 54.5 Å². The maximum atomic E-state index is 9.61. The van der Waals surface area contributed by atoms with Crippen molar-refractivity contribution in [2.75, 3.05) is 13.2 Å². The van der Waals surface area contributed by atoms with Crippen LogP contribution in [0.2, 0.25) is 0 Å². The maximum Gasteiger partial charge on any atom is 0.117 e. The SMILES string of the molecule is Oc1ccc2c(c1)ncc1ncn(CC3CCOCC3)c12. The quantitative estimate of drug-likeness (QED) is 0.785. The number of rotatable bonds is 2. The highest BCUT2D eigenvalue weighted by Gasteiger charge is 2.16. The molecule has 0 saturated carbocycles. The normalized spacial score (nSPS) is 16.8. The summed E-state index contributed by atoms with van der Waals surface area (Å²) in [6.07, 6.45) is 5.87. The monoisotopic (exact) mass is 283 g/mol. The Hall–Kier alpha value is -2.14. The smallest absolute Gasteiger partial charge is 0.117 e. The first-order valence-electron chi connectivity index (χ1n) is 7.31. The lowest BCUT2D eigenvalue weighted by atomic mass is 10.0. The van der Waals surface area contributed by atoms with Gasteiger partial charge in [-0.25, -0.2) is 4.98 Å². The molecule has 0 unspecified atom stereocenters. The molecule has 0 amide bonds. The molecule has 0 atom stereocenters. The van der Waals surface area contributed by atoms with Crippen LogP contribution in [0, 0.1) is 5.92 Å². The topological polar surface area (TPSA) is 60.2 Å². The Morgan fingerprint density at radius 2 is 2.05 bits per heavy atom. The summed E-state index contributed by atoms with van der Waals surface area (Å²) in [7, 11) is 0. The molecule has 1 fully saturated rings. The van der Waals surface area contributed by atoms with E-state index < -0.39 is 0 Å². The van der Waals surface area contributed by atoms with E-state index in [1.165, 1.54) is 0 Å². The van der Waals surface area contributed by atoms with E-state index in [2.05, 4.69) is 14.5 Å². The number of pyridine rings is 1. The number of benzene rings is 1. The predicted octanol–water partition coefficient (Wildman–Crippen LogP) is 2.72. The Bertz CT molecular complexity index is 791. The number of nitrogens with zero attached hydrogens (tertiary/aromatic N) is 3. The Kier molecular flexibility index (Phi) is 3.00. The molecule has 0 aliphatic carbocycles. The van der Waals surface area contributed by atoms with Crippen LogP contribution >= 0.6 is 0 Å². The first kappa shape index (κ1) is 12.6. The molecule has 1 aromatic carbocycles. The van der Waals surface area contributed by atoms with Crippen molar-refractivity contribution in [1.82, 2.24) is 14.5 Å². The van der Waals surface area contributed by atoms with Crippen molar-refractivity contribution in [2.45, 2.75) is 19.4 Å². The van der Waals surface area contributed by atoms with Gasteiger partial charge in [-0.1, -0.05) is 0 Å². The molecule has 0 radical (unpaired) electrons. The fourth-order valence-corrected chi connectivity index (χ4v) is 3.09. The van der Waals surface area contributed by atoms with Crippen molar-refractivity contribution < 1.29 is 9.84 Å². The van der Waals surface area contributed by atoms with Gasteiger partial charge in [0.1, 0.15) is 11.3 Å². The second kappa shape index (κ2) is 5.00. The second-order valence-electron chi connectivity index (χ2n) is 5.65. The number of phenols is 1. The van der Waals surface area contributed by atoms with Crippen LogP contribution in [-0.4, -0.2) is 32.9 Å². The van der Waals surface area contributed by atoms with Gasteiger partial charge in [-0.2, -0.15) is 0 Å². The van der Waals surface area contributed by atoms with Crippen LogP contribution in [0.5, 0.6) is 5.75 Å². The van der Waals surface area contributed by atoms with Crippen molar-refractivity contribution >= 4 is 21.9 Å². The molecular weight excluding hydrogens is 266 g/mol. The minimum atomic E-state index is 0.241. The predicted molar refractivity (Wildman–Crippen MR) is 80.2 cm³/mol. The molecular formula is C16H17N3O2. The third-order valence-corrected chi connectivity index (χ3v) is 4.22. The fourth-order valence-electron chi connectivity index (χ4n) is 3.09. The minimum Gasteiger partial charge on any atom is -0.508 e. The zero-order valence-electron chi connectivity index (χ0n) is 11.7. The lowest BCUT2D eigenvalue weighted by Crippen LogP contribution is -2.20. The Balaban J connectivity index is 1.81. The zero-order valence-corrected chi connectivity index (χ0v) is 11.7. The molecule has 4 rings (SSSR count). The van der Waals surface area contributed by atoms with E-state index in [1.807, 2.05) is 12.4 Å². The fraction of sp³-hybridized carbons (Fsp3) is 0.375. The van der Waals surface area contributed by atoms with Crippen molar-refractivity contribution in [1.29, 1.82) is 0 Å². The Labute approximate surface area is 122 Å². The van der Waals surface area contributed by atoms with Gasteiger partial charge in [0.05, 0.1) is 23.6 Å². The van der Waals surface area contributed by atoms with Gasteiger partial charge in [-0.05, 0) is 30.9 Å². The summed E-state index contributed by atoms with van der Waals surface area (Å²) in [5.41, 5.74) is 2.81. The largest absolute Gasteiger partial charge is 0.508 e. The van der Waals surface area contributed by atoms with Crippen LogP contribution in [0.25, 0.3) is 21.9 Å². The van der Waals surface area contributed by atoms with E-state index in [-0.39, 0.29) is 5.75 Å². The maximum absolute atomic E-state index is 9.61. The highest BCUT2D eigenvalue weighted by molar-refractivity contribution is 6.02. The van der Waals surface area contributed by atoms with Gasteiger partial charge in [-0.15, -0.1) is 0 Å². The van der Waals surface area contributed by atoms with Gasteiger partial charge in [0.2, 0.25) is 0 Å². The molecule has 2 aromatic heterocycles. The number of hydrogen-bond donors (Lipinski definition) is 1. The van der Waals surface area contributed by atoms with Gasteiger partial charge in [0.25, 0.3) is 0 Å². The summed E-state index contributed by atoms with van der Waals surface area (Å²) < 4.78 is 7.64. The summed E-state index contributed by atoms with van der Waals surface area (Å²) in [6, 6.07) is 5.32. The van der Waals surface area contributed by atoms with Gasteiger partial charge in [-0.3, -0.25) is 4.98 Å². The molecule has 0 spiro atoms. The first-order chi connectivity index (χ1) is 10.3. The van der Waals surface area contributed by atoms with Gasteiger partial charge >= 0.3 is 0 Å². The standard InChI is InChI=1S/C16H17N3O2/c20-12-1-2-13-14(7-12)17-8-15-16(13)19(10-18-15)9-11-3-5-21-6-4-11/h1-2,7-8,10-11,20H,3-6,9H2. The Morgan fingerprint density at radius 1 is 1.19 bits per heavy atom. The zero-order chi connectivity index (χ0) is 14.2. The number of aromatic hydroxyl groups is 1.